The van der Waals surface area contributed by atoms with Crippen molar-refractivity contribution in [3.05, 3.63) is 309 Å². The van der Waals surface area contributed by atoms with Gasteiger partial charge in [-0.05, 0) is 128 Å². The van der Waals surface area contributed by atoms with Crippen LogP contribution < -0.4 is 35.7 Å². The van der Waals surface area contributed by atoms with Crippen molar-refractivity contribution in [1.82, 2.24) is 4.57 Å². The molecular weight excluding hydrogens is 1030 g/mol. The highest BCUT2D eigenvalue weighted by atomic mass is 16.5. The van der Waals surface area contributed by atoms with Crippen LogP contribution in [0.1, 0.15) is 13.0 Å². The van der Waals surface area contributed by atoms with Gasteiger partial charge in [-0.15, -0.1) is 0 Å². The number of hydrogen-bond acceptors (Lipinski definition) is 4. The highest BCUT2D eigenvalue weighted by molar-refractivity contribution is 6.98. The summed E-state index contributed by atoms with van der Waals surface area (Å²) in [4.78, 5) is 4.69. The van der Waals surface area contributed by atoms with Crippen molar-refractivity contribution in [3.63, 3.8) is 0 Å². The third kappa shape index (κ3) is 8.81. The SMILES string of the molecule is CC1C=CC=CC1n1c2ccccc2c2c3c4c(cc21)Oc1cc(N(c2ccc(-c5ccccc5)cc2)c2ccc(-c5ccccc5)cc2)ccc1B4c1ccc(N(c2ccc(-c4ccccc4)cc2)c2ccc(-c4ccccc4)cc2)cc1O3. The highest BCUT2D eigenvalue weighted by Crippen LogP contribution is 2.49. The Labute approximate surface area is 496 Å². The Balaban J connectivity index is 0.876. The molecule has 5 nitrogen and oxygen atoms in total. The van der Waals surface area contributed by atoms with Gasteiger partial charge in [-0.2, -0.15) is 0 Å². The molecule has 13 aromatic rings. The number of nitrogens with zero attached hydrogens (tertiary/aromatic N) is 3. The van der Waals surface area contributed by atoms with Crippen LogP contribution in [0.3, 0.4) is 0 Å². The normalized spacial score (nSPS) is 14.5. The lowest BCUT2D eigenvalue weighted by Crippen LogP contribution is -2.57. The van der Waals surface area contributed by atoms with Gasteiger partial charge in [0.15, 0.2) is 0 Å². The van der Waals surface area contributed by atoms with Crippen LogP contribution in [-0.4, -0.2) is 11.3 Å². The Morgan fingerprint density at radius 3 is 1.15 bits per heavy atom. The minimum Gasteiger partial charge on any atom is -0.458 e. The summed E-state index contributed by atoms with van der Waals surface area (Å²) < 4.78 is 17.5. The molecule has 0 N–H and O–H groups in total. The van der Waals surface area contributed by atoms with Gasteiger partial charge in [0, 0.05) is 74.1 Å². The largest absolute Gasteiger partial charge is 0.458 e. The van der Waals surface area contributed by atoms with Crippen LogP contribution in [-0.2, 0) is 0 Å². The van der Waals surface area contributed by atoms with Gasteiger partial charge in [-0.3, -0.25) is 0 Å². The summed E-state index contributed by atoms with van der Waals surface area (Å²) in [7, 11) is 0. The lowest BCUT2D eigenvalue weighted by Gasteiger charge is -2.35. The molecule has 0 saturated heterocycles. The molecule has 3 aliphatic rings. The standard InChI is InChI=1S/C79H56BN3O2/c1-53-18-14-16-28-71(53)83-72-29-17-15-27-68(72)77-73(83)52-76-78-79(77)85-75-51-67(82(64-42-34-60(35-43-64)56-23-10-4-11-24-56)65-44-36-61(37-45-65)57-25-12-5-13-26-57)47-49-70(75)80(78)69-48-46-66(50-74(69)84-76)81(62-38-30-58(31-39-62)54-19-6-2-7-20-54)63-40-32-59(33-41-63)55-21-8-3-9-22-55/h2-53,71H,1H3. The molecule has 402 valence electrons. The minimum absolute atomic E-state index is 0.0728. The van der Waals surface area contributed by atoms with E-state index in [9.17, 15) is 0 Å². The Hall–Kier alpha value is -10.8. The van der Waals surface area contributed by atoms with Gasteiger partial charge in [-0.1, -0.05) is 231 Å². The lowest BCUT2D eigenvalue weighted by molar-refractivity contribution is 0.467. The van der Waals surface area contributed by atoms with Gasteiger partial charge < -0.3 is 23.8 Å². The fourth-order valence-corrected chi connectivity index (χ4v) is 13.2. The number of aromatic nitrogens is 1. The molecule has 6 heteroatoms. The van der Waals surface area contributed by atoms with Gasteiger partial charge in [0.25, 0.3) is 6.71 Å². The van der Waals surface area contributed by atoms with Gasteiger partial charge in [-0.25, -0.2) is 0 Å². The third-order valence-corrected chi connectivity index (χ3v) is 17.4. The molecule has 0 saturated carbocycles. The molecule has 2 atom stereocenters. The number of para-hydroxylation sites is 1. The predicted molar refractivity (Wildman–Crippen MR) is 355 cm³/mol. The molecular formula is C79H56BN3O2. The van der Waals surface area contributed by atoms with Crippen LogP contribution >= 0.6 is 0 Å². The average molecular weight is 1090 g/mol. The number of benzene rings is 12. The third-order valence-electron chi connectivity index (χ3n) is 17.4. The van der Waals surface area contributed by atoms with Gasteiger partial charge in [0.2, 0.25) is 0 Å². The van der Waals surface area contributed by atoms with Crippen molar-refractivity contribution in [1.29, 1.82) is 0 Å². The van der Waals surface area contributed by atoms with Crippen LogP contribution in [0.25, 0.3) is 66.3 Å². The zero-order valence-electron chi connectivity index (χ0n) is 46.8. The van der Waals surface area contributed by atoms with E-state index in [0.29, 0.717) is 0 Å². The second-order valence-corrected chi connectivity index (χ2v) is 22.4. The van der Waals surface area contributed by atoms with Crippen molar-refractivity contribution < 1.29 is 9.47 Å². The lowest BCUT2D eigenvalue weighted by atomic mass is 9.34. The Morgan fingerprint density at radius 1 is 0.341 bits per heavy atom. The molecule has 2 unspecified atom stereocenters. The summed E-state index contributed by atoms with van der Waals surface area (Å²) in [6, 6.07) is 103. The Kier molecular flexibility index (Phi) is 12.3. The van der Waals surface area contributed by atoms with Crippen LogP contribution in [0.5, 0.6) is 23.0 Å². The van der Waals surface area contributed by atoms with E-state index in [1.165, 1.54) is 22.3 Å². The maximum absolute atomic E-state index is 7.61. The number of fused-ring (bicyclic) bond motifs is 8. The van der Waals surface area contributed by atoms with E-state index in [-0.39, 0.29) is 18.7 Å². The average Bonchev–Trinajstić information content (AvgIpc) is 1.76. The first-order valence-corrected chi connectivity index (χ1v) is 29.4. The number of ether oxygens (including phenoxy) is 2. The van der Waals surface area contributed by atoms with Crippen molar-refractivity contribution in [2.45, 2.75) is 13.0 Å². The first kappa shape index (κ1) is 50.0. The summed E-state index contributed by atoms with van der Waals surface area (Å²) >= 11 is 0. The molecule has 0 amide bonds. The van der Waals surface area contributed by atoms with Crippen molar-refractivity contribution in [2.75, 3.05) is 9.80 Å². The summed E-state index contributed by atoms with van der Waals surface area (Å²) in [5.74, 6) is 3.49. The minimum atomic E-state index is -0.212. The number of rotatable bonds is 11. The van der Waals surface area contributed by atoms with Gasteiger partial charge in [0.1, 0.15) is 23.0 Å². The van der Waals surface area contributed by atoms with E-state index in [4.69, 9.17) is 9.47 Å². The molecule has 3 heterocycles. The van der Waals surface area contributed by atoms with Crippen LogP contribution in [0, 0.1) is 5.92 Å². The molecule has 12 aromatic carbocycles. The van der Waals surface area contributed by atoms with Gasteiger partial charge in [0.05, 0.1) is 11.6 Å². The van der Waals surface area contributed by atoms with E-state index in [2.05, 4.69) is 331 Å². The number of anilines is 6. The van der Waals surface area contributed by atoms with E-state index in [0.717, 1.165) is 118 Å². The van der Waals surface area contributed by atoms with Crippen LogP contribution in [0.2, 0.25) is 0 Å². The van der Waals surface area contributed by atoms with E-state index >= 15 is 0 Å². The van der Waals surface area contributed by atoms with E-state index < -0.39 is 0 Å². The van der Waals surface area contributed by atoms with Crippen molar-refractivity contribution in [2.24, 2.45) is 5.92 Å². The molecule has 2 aliphatic heterocycles. The maximum atomic E-state index is 7.61. The fraction of sp³-hybridized carbons (Fsp3) is 0.0380. The van der Waals surface area contributed by atoms with E-state index in [1.54, 1.807) is 0 Å². The Morgan fingerprint density at radius 2 is 0.718 bits per heavy atom. The summed E-state index contributed by atoms with van der Waals surface area (Å²) in [6.07, 6.45) is 8.98. The second-order valence-electron chi connectivity index (χ2n) is 22.4. The van der Waals surface area contributed by atoms with E-state index in [1.807, 2.05) is 0 Å². The number of hydrogen-bond donors (Lipinski definition) is 0. The molecule has 0 fully saturated rings. The molecule has 0 bridgehead atoms. The quantitative estimate of drug-likeness (QED) is 0.121. The monoisotopic (exact) mass is 1090 g/mol. The molecule has 0 radical (unpaired) electrons. The molecule has 16 rings (SSSR count). The van der Waals surface area contributed by atoms with Gasteiger partial charge >= 0.3 is 0 Å². The van der Waals surface area contributed by atoms with Crippen LogP contribution in [0.4, 0.5) is 34.1 Å². The molecule has 0 spiro atoms. The zero-order chi connectivity index (χ0) is 56.4. The zero-order valence-corrected chi connectivity index (χ0v) is 46.8. The number of allylic oxidation sites excluding steroid dienone is 4. The topological polar surface area (TPSA) is 29.9 Å². The molecule has 1 aromatic heterocycles. The summed E-state index contributed by atoms with van der Waals surface area (Å²) in [5.41, 5.74) is 20.9. The first-order chi connectivity index (χ1) is 42.1. The smallest absolute Gasteiger partial charge is 0.260 e. The summed E-state index contributed by atoms with van der Waals surface area (Å²) in [6.45, 7) is 2.09. The van der Waals surface area contributed by atoms with Crippen molar-refractivity contribution in [3.8, 4) is 67.5 Å². The Bertz CT molecular complexity index is 4520. The maximum Gasteiger partial charge on any atom is 0.260 e. The molecule has 1 aliphatic carbocycles. The summed E-state index contributed by atoms with van der Waals surface area (Å²) in [5, 5.41) is 2.24. The highest BCUT2D eigenvalue weighted by Gasteiger charge is 2.43. The van der Waals surface area contributed by atoms with Crippen LogP contribution in [0.15, 0.2) is 309 Å². The fourth-order valence-electron chi connectivity index (χ4n) is 13.2. The predicted octanol–water partition coefficient (Wildman–Crippen LogP) is 19.4. The molecule has 85 heavy (non-hydrogen) atoms. The second kappa shape index (κ2) is 20.9. The first-order valence-electron chi connectivity index (χ1n) is 29.4. The van der Waals surface area contributed by atoms with Crippen molar-refractivity contribution >= 4 is 79.0 Å².